The van der Waals surface area contributed by atoms with Crippen LogP contribution in [0.4, 0.5) is 13.2 Å². The Morgan fingerprint density at radius 2 is 1.79 bits per heavy atom. The molecule has 1 aliphatic carbocycles. The van der Waals surface area contributed by atoms with Crippen molar-refractivity contribution in [1.29, 1.82) is 0 Å². The first-order chi connectivity index (χ1) is 13.2. The molecule has 0 spiro atoms. The molecule has 1 N–H and O–H groups in total. The summed E-state index contributed by atoms with van der Waals surface area (Å²) < 4.78 is 42.7. The maximum absolute atomic E-state index is 10.6. The van der Waals surface area contributed by atoms with Gasteiger partial charge in [-0.05, 0) is 43.4 Å². The number of hydrogen-bond donors (Lipinski definition) is 1. The van der Waals surface area contributed by atoms with Crippen LogP contribution in [0.3, 0.4) is 0 Å². The largest absolute Gasteiger partial charge is 0.497 e. The summed E-state index contributed by atoms with van der Waals surface area (Å²) in [4.78, 5) is 11.6. The monoisotopic (exact) mass is 403 g/mol. The molecule has 1 aromatic rings. The molecule has 1 aliphatic heterocycles. The molecule has 1 aromatic carbocycles. The smallest absolute Gasteiger partial charge is 0.490 e. The van der Waals surface area contributed by atoms with Gasteiger partial charge in [-0.3, -0.25) is 4.90 Å². The van der Waals surface area contributed by atoms with Crippen LogP contribution in [0.25, 0.3) is 0 Å². The highest BCUT2D eigenvalue weighted by Gasteiger charge is 2.38. The molecule has 0 amide bonds. The molecule has 1 saturated heterocycles. The number of nitrogens with zero attached hydrogens (tertiary/aromatic N) is 1. The zero-order valence-corrected chi connectivity index (χ0v) is 16.2. The Bertz CT molecular complexity index is 617. The maximum atomic E-state index is 10.6. The molecule has 1 saturated carbocycles. The topological polar surface area (TPSA) is 59.0 Å². The van der Waals surface area contributed by atoms with E-state index >= 15 is 0 Å². The molecule has 3 rings (SSSR count). The van der Waals surface area contributed by atoms with Gasteiger partial charge in [0.2, 0.25) is 0 Å². The third kappa shape index (κ3) is 6.38. The van der Waals surface area contributed by atoms with Crippen molar-refractivity contribution in [2.45, 2.75) is 50.4 Å². The Morgan fingerprint density at radius 1 is 1.18 bits per heavy atom. The minimum absolute atomic E-state index is 0.406. The fraction of sp³-hybridized carbons (Fsp3) is 0.650. The molecular formula is C20H28F3NO4. The highest BCUT2D eigenvalue weighted by molar-refractivity contribution is 5.73. The lowest BCUT2D eigenvalue weighted by molar-refractivity contribution is -0.192. The first-order valence-electron chi connectivity index (χ1n) is 9.44. The van der Waals surface area contributed by atoms with E-state index in [2.05, 4.69) is 29.2 Å². The number of carboxylic acid groups (broad SMARTS) is 1. The number of alkyl halides is 3. The fourth-order valence-corrected chi connectivity index (χ4v) is 3.69. The van der Waals surface area contributed by atoms with Crippen molar-refractivity contribution in [3.8, 4) is 5.75 Å². The summed E-state index contributed by atoms with van der Waals surface area (Å²) >= 11 is 0. The second kappa shape index (κ2) is 10.1. The number of rotatable bonds is 5. The van der Waals surface area contributed by atoms with Crippen LogP contribution in [0.15, 0.2) is 24.3 Å². The second-order valence-electron chi connectivity index (χ2n) is 7.26. The number of hydrogen-bond acceptors (Lipinski definition) is 4. The first-order valence-corrected chi connectivity index (χ1v) is 9.44. The Labute approximate surface area is 163 Å². The molecular weight excluding hydrogens is 375 g/mol. The van der Waals surface area contributed by atoms with Crippen LogP contribution in [-0.2, 0) is 16.0 Å². The van der Waals surface area contributed by atoms with Crippen molar-refractivity contribution in [2.24, 2.45) is 5.92 Å². The number of ether oxygens (including phenoxy) is 2. The Morgan fingerprint density at radius 3 is 2.21 bits per heavy atom. The summed E-state index contributed by atoms with van der Waals surface area (Å²) in [6, 6.07) is 9.34. The van der Waals surface area contributed by atoms with E-state index in [0.717, 1.165) is 18.2 Å². The van der Waals surface area contributed by atoms with Gasteiger partial charge in [0.1, 0.15) is 5.75 Å². The van der Waals surface area contributed by atoms with E-state index in [0.29, 0.717) is 12.0 Å². The molecule has 0 radical (unpaired) electrons. The van der Waals surface area contributed by atoms with Gasteiger partial charge >= 0.3 is 12.1 Å². The molecule has 1 heterocycles. The molecule has 158 valence electrons. The number of methoxy groups -OCH3 is 2. The minimum atomic E-state index is -5.08. The van der Waals surface area contributed by atoms with Crippen molar-refractivity contribution in [1.82, 2.24) is 4.90 Å². The van der Waals surface area contributed by atoms with Crippen molar-refractivity contribution >= 4 is 5.97 Å². The summed E-state index contributed by atoms with van der Waals surface area (Å²) in [7, 11) is 3.58. The van der Waals surface area contributed by atoms with Gasteiger partial charge < -0.3 is 14.6 Å². The first kappa shape index (κ1) is 22.5. The van der Waals surface area contributed by atoms with E-state index < -0.39 is 12.1 Å². The normalized spacial score (nSPS) is 23.3. The van der Waals surface area contributed by atoms with Gasteiger partial charge in [-0.1, -0.05) is 18.6 Å². The molecule has 8 heteroatoms. The maximum Gasteiger partial charge on any atom is 0.490 e. The average Bonchev–Trinajstić information content (AvgIpc) is 2.61. The standard InChI is InChI=1S/C18H27NO2.C2HF3O2/c1-20-17-8-6-14(7-9-17)12-15-13-19(16-4-3-5-16)11-10-18(15)21-2;3-2(4,5)1(6)7/h6-9,15-16,18H,3-5,10-13H2,1-2H3;(H,6,7)/t15-,18+;/m0./s1. The van der Waals surface area contributed by atoms with Crippen molar-refractivity contribution in [2.75, 3.05) is 27.3 Å². The van der Waals surface area contributed by atoms with Crippen molar-refractivity contribution in [3.63, 3.8) is 0 Å². The van der Waals surface area contributed by atoms with Gasteiger partial charge in [-0.25, -0.2) is 4.79 Å². The lowest BCUT2D eigenvalue weighted by Crippen LogP contribution is -2.51. The number of carboxylic acids is 1. The van der Waals surface area contributed by atoms with E-state index in [4.69, 9.17) is 19.4 Å². The number of halogens is 3. The Balaban J connectivity index is 0.000000345. The highest BCUT2D eigenvalue weighted by atomic mass is 19.4. The number of carbonyl (C=O) groups is 1. The van der Waals surface area contributed by atoms with Crippen LogP contribution in [0.5, 0.6) is 5.75 Å². The molecule has 28 heavy (non-hydrogen) atoms. The SMILES string of the molecule is COc1ccc(C[C@H]2CN(C3CCC3)CC[C@H]2OC)cc1.O=C(O)C(F)(F)F. The van der Waals surface area contributed by atoms with Gasteiger partial charge in [0.05, 0.1) is 13.2 Å². The van der Waals surface area contributed by atoms with Gasteiger partial charge in [0.25, 0.3) is 0 Å². The molecule has 2 atom stereocenters. The minimum Gasteiger partial charge on any atom is -0.497 e. The quantitative estimate of drug-likeness (QED) is 0.811. The van der Waals surface area contributed by atoms with E-state index in [-0.39, 0.29) is 0 Å². The summed E-state index contributed by atoms with van der Waals surface area (Å²) in [5.74, 6) is -1.22. The summed E-state index contributed by atoms with van der Waals surface area (Å²) in [5, 5.41) is 7.12. The molecule has 0 aromatic heterocycles. The molecule has 0 bridgehead atoms. The van der Waals surface area contributed by atoms with Crippen LogP contribution in [0.2, 0.25) is 0 Å². The van der Waals surface area contributed by atoms with Crippen LogP contribution in [0, 0.1) is 5.92 Å². The van der Waals surface area contributed by atoms with Gasteiger partial charge in [-0.15, -0.1) is 0 Å². The van der Waals surface area contributed by atoms with Crippen LogP contribution in [-0.4, -0.2) is 61.6 Å². The number of piperidine rings is 1. The second-order valence-corrected chi connectivity index (χ2v) is 7.26. The van der Waals surface area contributed by atoms with E-state index in [9.17, 15) is 13.2 Å². The predicted octanol–water partition coefficient (Wildman–Crippen LogP) is 3.76. The number of aliphatic carboxylic acids is 1. The van der Waals surface area contributed by atoms with Crippen molar-refractivity contribution in [3.05, 3.63) is 29.8 Å². The number of likely N-dealkylation sites (tertiary alicyclic amines) is 1. The highest BCUT2D eigenvalue weighted by Crippen LogP contribution is 2.31. The zero-order chi connectivity index (χ0) is 20.7. The Kier molecular flexibility index (Phi) is 8.12. The van der Waals surface area contributed by atoms with Gasteiger partial charge in [0.15, 0.2) is 0 Å². The van der Waals surface area contributed by atoms with Gasteiger partial charge in [-0.2, -0.15) is 13.2 Å². The third-order valence-electron chi connectivity index (χ3n) is 5.49. The predicted molar refractivity (Wildman–Crippen MR) is 98.5 cm³/mol. The molecule has 2 aliphatic rings. The zero-order valence-electron chi connectivity index (χ0n) is 16.2. The summed E-state index contributed by atoms with van der Waals surface area (Å²) in [6.07, 6.45) is 1.81. The van der Waals surface area contributed by atoms with Crippen LogP contribution in [0.1, 0.15) is 31.2 Å². The average molecular weight is 403 g/mol. The fourth-order valence-electron chi connectivity index (χ4n) is 3.69. The summed E-state index contributed by atoms with van der Waals surface area (Å²) in [6.45, 7) is 2.40. The third-order valence-corrected chi connectivity index (χ3v) is 5.49. The van der Waals surface area contributed by atoms with Crippen molar-refractivity contribution < 1.29 is 32.5 Å². The van der Waals surface area contributed by atoms with E-state index in [1.54, 1.807) is 7.11 Å². The lowest BCUT2D eigenvalue weighted by Gasteiger charge is -2.45. The number of benzene rings is 1. The summed E-state index contributed by atoms with van der Waals surface area (Å²) in [5.41, 5.74) is 1.39. The Hall–Kier alpha value is -1.80. The van der Waals surface area contributed by atoms with E-state index in [1.165, 1.54) is 44.3 Å². The van der Waals surface area contributed by atoms with Crippen LogP contribution >= 0.6 is 0 Å². The van der Waals surface area contributed by atoms with E-state index in [1.807, 2.05) is 7.11 Å². The molecule has 2 fully saturated rings. The lowest BCUT2D eigenvalue weighted by atomic mass is 9.84. The van der Waals surface area contributed by atoms with Crippen LogP contribution < -0.4 is 4.74 Å². The van der Waals surface area contributed by atoms with Gasteiger partial charge in [0, 0.05) is 32.2 Å². The molecule has 5 nitrogen and oxygen atoms in total. The molecule has 0 unspecified atom stereocenters.